The Kier molecular flexibility index (Phi) is 5.48. The van der Waals surface area contributed by atoms with Gasteiger partial charge in [-0.3, -0.25) is 4.79 Å². The van der Waals surface area contributed by atoms with Crippen molar-refractivity contribution in [1.29, 1.82) is 5.26 Å². The highest BCUT2D eigenvalue weighted by Crippen LogP contribution is 2.21. The van der Waals surface area contributed by atoms with Crippen molar-refractivity contribution in [1.82, 2.24) is 14.9 Å². The maximum atomic E-state index is 13.0. The van der Waals surface area contributed by atoms with E-state index in [0.29, 0.717) is 23.6 Å². The molecule has 1 aliphatic rings. The summed E-state index contributed by atoms with van der Waals surface area (Å²) in [7, 11) is 0. The molecule has 2 aromatic carbocycles. The van der Waals surface area contributed by atoms with Crippen LogP contribution in [0.1, 0.15) is 22.3 Å². The fourth-order valence-corrected chi connectivity index (χ4v) is 3.50. The minimum atomic E-state index is 0.0483. The molecule has 2 heterocycles. The number of amides is 1. The van der Waals surface area contributed by atoms with Gasteiger partial charge in [0.25, 0.3) is 5.91 Å². The van der Waals surface area contributed by atoms with Crippen LogP contribution in [0.5, 0.6) is 0 Å². The van der Waals surface area contributed by atoms with Gasteiger partial charge in [0.05, 0.1) is 11.6 Å². The van der Waals surface area contributed by atoms with Gasteiger partial charge in [-0.2, -0.15) is 5.26 Å². The molecule has 29 heavy (non-hydrogen) atoms. The average molecular weight is 383 g/mol. The Hall–Kier alpha value is -3.72. The van der Waals surface area contributed by atoms with E-state index in [0.717, 1.165) is 37.2 Å². The van der Waals surface area contributed by atoms with Crippen LogP contribution < -0.4 is 4.90 Å². The largest absolute Gasteiger partial charge is 0.339 e. The smallest absolute Gasteiger partial charge is 0.253 e. The molecule has 6 heteroatoms. The molecule has 0 unspecified atom stereocenters. The zero-order chi connectivity index (χ0) is 20.1. The van der Waals surface area contributed by atoms with Crippen LogP contribution in [0.3, 0.4) is 0 Å². The van der Waals surface area contributed by atoms with Gasteiger partial charge >= 0.3 is 0 Å². The van der Waals surface area contributed by atoms with Gasteiger partial charge in [-0.25, -0.2) is 9.97 Å². The van der Waals surface area contributed by atoms with E-state index in [4.69, 9.17) is 5.26 Å². The lowest BCUT2D eigenvalue weighted by Crippen LogP contribution is -2.35. The van der Waals surface area contributed by atoms with Crippen molar-refractivity contribution in [2.75, 3.05) is 31.1 Å². The summed E-state index contributed by atoms with van der Waals surface area (Å²) in [6.45, 7) is 2.93. The number of anilines is 1. The summed E-state index contributed by atoms with van der Waals surface area (Å²) in [5, 5.41) is 8.92. The third-order valence-corrected chi connectivity index (χ3v) is 5.10. The second-order valence-electron chi connectivity index (χ2n) is 6.95. The predicted molar refractivity (Wildman–Crippen MR) is 111 cm³/mol. The average Bonchev–Trinajstić information content (AvgIpc) is 3.06. The Bertz CT molecular complexity index is 1010. The number of hydrogen-bond donors (Lipinski definition) is 0. The van der Waals surface area contributed by atoms with E-state index in [2.05, 4.69) is 20.9 Å². The maximum absolute atomic E-state index is 13.0. The topological polar surface area (TPSA) is 73.1 Å². The van der Waals surface area contributed by atoms with Crippen LogP contribution in [0.25, 0.3) is 11.1 Å². The van der Waals surface area contributed by atoms with Crippen molar-refractivity contribution in [3.63, 3.8) is 0 Å². The Labute approximate surface area is 170 Å². The zero-order valence-electron chi connectivity index (χ0n) is 16.0. The van der Waals surface area contributed by atoms with Crippen LogP contribution in [0.15, 0.2) is 67.0 Å². The molecule has 4 rings (SSSR count). The molecule has 1 saturated heterocycles. The van der Waals surface area contributed by atoms with E-state index in [1.807, 2.05) is 41.3 Å². The molecule has 0 N–H and O–H groups in total. The van der Waals surface area contributed by atoms with Gasteiger partial charge in [0.2, 0.25) is 5.95 Å². The molecule has 1 aliphatic heterocycles. The van der Waals surface area contributed by atoms with E-state index in [9.17, 15) is 4.79 Å². The summed E-state index contributed by atoms with van der Waals surface area (Å²) < 4.78 is 0. The summed E-state index contributed by atoms with van der Waals surface area (Å²) in [5.41, 5.74) is 3.37. The first-order valence-electron chi connectivity index (χ1n) is 9.66. The summed E-state index contributed by atoms with van der Waals surface area (Å²) >= 11 is 0. The first kappa shape index (κ1) is 18.6. The Morgan fingerprint density at radius 2 is 1.52 bits per heavy atom. The maximum Gasteiger partial charge on any atom is 0.253 e. The summed E-state index contributed by atoms with van der Waals surface area (Å²) in [6.07, 6.45) is 4.37. The summed E-state index contributed by atoms with van der Waals surface area (Å²) in [4.78, 5) is 25.6. The number of nitriles is 1. The lowest BCUT2D eigenvalue weighted by atomic mass is 10.0. The molecule has 6 nitrogen and oxygen atoms in total. The van der Waals surface area contributed by atoms with Crippen LogP contribution in [-0.2, 0) is 0 Å². The molecular weight excluding hydrogens is 362 g/mol. The highest BCUT2D eigenvalue weighted by atomic mass is 16.2. The molecule has 1 fully saturated rings. The van der Waals surface area contributed by atoms with Gasteiger partial charge in [0.1, 0.15) is 0 Å². The fraction of sp³-hybridized carbons (Fsp3) is 0.217. The van der Waals surface area contributed by atoms with Crippen molar-refractivity contribution in [2.24, 2.45) is 0 Å². The van der Waals surface area contributed by atoms with Gasteiger partial charge in [-0.1, -0.05) is 24.3 Å². The van der Waals surface area contributed by atoms with Crippen LogP contribution in [0, 0.1) is 11.3 Å². The molecule has 0 radical (unpaired) electrons. The van der Waals surface area contributed by atoms with Crippen molar-refractivity contribution in [2.45, 2.75) is 6.42 Å². The van der Waals surface area contributed by atoms with Crippen LogP contribution >= 0.6 is 0 Å². The number of nitrogens with zero attached hydrogens (tertiary/aromatic N) is 5. The van der Waals surface area contributed by atoms with Gasteiger partial charge < -0.3 is 9.80 Å². The normalized spacial score (nSPS) is 14.2. The van der Waals surface area contributed by atoms with Crippen molar-refractivity contribution in [3.05, 3.63) is 78.1 Å². The standard InChI is InChI=1S/C23H21N5O/c24-17-18-3-5-19(6-4-18)20-7-9-21(10-8-20)22(29)27-13-2-14-28(16-15-27)23-25-11-1-12-26-23/h1,3-12H,2,13-16H2. The Balaban J connectivity index is 1.43. The molecule has 1 aromatic heterocycles. The molecule has 0 bridgehead atoms. The molecule has 1 amide bonds. The van der Waals surface area contributed by atoms with Gasteiger partial charge in [-0.05, 0) is 47.9 Å². The zero-order valence-corrected chi connectivity index (χ0v) is 16.0. The van der Waals surface area contributed by atoms with Crippen molar-refractivity contribution in [3.8, 4) is 17.2 Å². The molecule has 144 valence electrons. The number of carbonyl (C=O) groups is 1. The second kappa shape index (κ2) is 8.53. The van der Waals surface area contributed by atoms with E-state index >= 15 is 0 Å². The SMILES string of the molecule is N#Cc1ccc(-c2ccc(C(=O)N3CCCN(c4ncccn4)CC3)cc2)cc1. The first-order valence-corrected chi connectivity index (χ1v) is 9.66. The van der Waals surface area contributed by atoms with Crippen molar-refractivity contribution >= 4 is 11.9 Å². The molecule has 0 atom stereocenters. The number of rotatable bonds is 3. The number of hydrogen-bond acceptors (Lipinski definition) is 5. The van der Waals surface area contributed by atoms with Crippen LogP contribution in [0.2, 0.25) is 0 Å². The highest BCUT2D eigenvalue weighted by Gasteiger charge is 2.21. The Morgan fingerprint density at radius 3 is 2.17 bits per heavy atom. The molecule has 0 spiro atoms. The number of benzene rings is 2. The van der Waals surface area contributed by atoms with E-state index in [1.165, 1.54) is 0 Å². The molecule has 0 aliphatic carbocycles. The summed E-state index contributed by atoms with van der Waals surface area (Å²) in [6, 6.07) is 19.0. The molecule has 3 aromatic rings. The summed E-state index contributed by atoms with van der Waals surface area (Å²) in [5.74, 6) is 0.765. The van der Waals surface area contributed by atoms with E-state index in [-0.39, 0.29) is 5.91 Å². The van der Waals surface area contributed by atoms with Crippen LogP contribution in [-0.4, -0.2) is 47.0 Å². The van der Waals surface area contributed by atoms with E-state index in [1.54, 1.807) is 30.6 Å². The lowest BCUT2D eigenvalue weighted by molar-refractivity contribution is 0.0767. The second-order valence-corrected chi connectivity index (χ2v) is 6.95. The monoisotopic (exact) mass is 383 g/mol. The minimum absolute atomic E-state index is 0.0483. The number of carbonyl (C=O) groups excluding carboxylic acids is 1. The van der Waals surface area contributed by atoms with Crippen molar-refractivity contribution < 1.29 is 4.79 Å². The van der Waals surface area contributed by atoms with Gasteiger partial charge in [0, 0.05) is 44.1 Å². The molecule has 0 saturated carbocycles. The van der Waals surface area contributed by atoms with Gasteiger partial charge in [-0.15, -0.1) is 0 Å². The predicted octanol–water partition coefficient (Wildman–Crippen LogP) is 3.37. The lowest BCUT2D eigenvalue weighted by Gasteiger charge is -2.22. The van der Waals surface area contributed by atoms with Gasteiger partial charge in [0.15, 0.2) is 0 Å². The number of aromatic nitrogens is 2. The third-order valence-electron chi connectivity index (χ3n) is 5.10. The first-order chi connectivity index (χ1) is 14.2. The minimum Gasteiger partial charge on any atom is -0.339 e. The fourth-order valence-electron chi connectivity index (χ4n) is 3.50. The highest BCUT2D eigenvalue weighted by molar-refractivity contribution is 5.94. The Morgan fingerprint density at radius 1 is 0.862 bits per heavy atom. The third kappa shape index (κ3) is 4.25. The quantitative estimate of drug-likeness (QED) is 0.693. The molecular formula is C23H21N5O. The van der Waals surface area contributed by atoms with E-state index < -0.39 is 0 Å². The van der Waals surface area contributed by atoms with Crippen LogP contribution in [0.4, 0.5) is 5.95 Å².